The van der Waals surface area contributed by atoms with Gasteiger partial charge in [0.1, 0.15) is 37.3 Å². The normalized spacial score (nSPS) is 19.4. The molecule has 4 rings (SSSR count). The van der Waals surface area contributed by atoms with Gasteiger partial charge in [-0.2, -0.15) is 17.6 Å². The molecule has 0 unspecified atom stereocenters. The van der Waals surface area contributed by atoms with E-state index in [-0.39, 0.29) is 54.0 Å². The molecule has 0 bridgehead atoms. The van der Waals surface area contributed by atoms with Crippen LogP contribution in [0, 0.1) is 25.6 Å². The van der Waals surface area contributed by atoms with E-state index in [0.29, 0.717) is 49.4 Å². The minimum atomic E-state index is -0.861. The standard InChI is InChI=1S/C29H33N7O9S/c1-18(31-29(39)45-17-20-4-8-23(9-5-20)36(42)43)34-15-24(46)12-25(34)28(38)33-11-10-21(14-33)32-26(30)13-27(37)44-16-19-2-6-22(7-3-19)35(40)41/h2-9,21,24-25,46H,10-17H2,1H3,(H2,30,32)/t21-,24-,25-/m0/s1. The molecule has 46 heavy (non-hydrogen) atoms. The highest BCUT2D eigenvalue weighted by atomic mass is 32.1. The number of amidine groups is 2. The molecule has 0 aromatic heterocycles. The minimum Gasteiger partial charge on any atom is -0.460 e. The zero-order valence-corrected chi connectivity index (χ0v) is 25.8. The number of likely N-dealkylation sites (tertiary alicyclic amines) is 2. The number of rotatable bonds is 10. The molecule has 0 saturated carbocycles. The molecule has 2 amide bonds. The Morgan fingerprint density at radius 2 is 1.54 bits per heavy atom. The molecule has 2 fully saturated rings. The number of carbonyl (C=O) groups excluding carboxylic acids is 3. The first-order valence-electron chi connectivity index (χ1n) is 14.3. The number of thiol groups is 1. The number of nitrogens with one attached hydrogen (secondary N) is 2. The maximum absolute atomic E-state index is 13.5. The minimum absolute atomic E-state index is 0.0545. The van der Waals surface area contributed by atoms with Crippen molar-refractivity contribution in [3.8, 4) is 0 Å². The molecule has 2 aliphatic heterocycles. The lowest BCUT2D eigenvalue weighted by Gasteiger charge is -2.29. The van der Waals surface area contributed by atoms with Crippen molar-refractivity contribution < 1.29 is 33.7 Å². The maximum atomic E-state index is 13.5. The van der Waals surface area contributed by atoms with Gasteiger partial charge in [0, 0.05) is 55.2 Å². The number of nitrogens with zero attached hydrogens (tertiary/aromatic N) is 5. The van der Waals surface area contributed by atoms with Crippen molar-refractivity contribution in [2.75, 3.05) is 19.6 Å². The van der Waals surface area contributed by atoms with Gasteiger partial charge in [-0.1, -0.05) is 0 Å². The Labute approximate surface area is 269 Å². The van der Waals surface area contributed by atoms with Crippen LogP contribution in [0.1, 0.15) is 37.3 Å². The van der Waals surface area contributed by atoms with E-state index < -0.39 is 28.0 Å². The molecule has 0 radical (unpaired) electrons. The number of ether oxygens (including phenoxy) is 2. The summed E-state index contributed by atoms with van der Waals surface area (Å²) in [6, 6.07) is 10.4. The molecule has 17 heteroatoms. The van der Waals surface area contributed by atoms with E-state index >= 15 is 0 Å². The molecule has 244 valence electrons. The first-order valence-corrected chi connectivity index (χ1v) is 14.8. The predicted molar refractivity (Wildman–Crippen MR) is 168 cm³/mol. The summed E-state index contributed by atoms with van der Waals surface area (Å²) < 4.78 is 10.4. The molecule has 2 aliphatic rings. The number of nitro groups is 2. The van der Waals surface area contributed by atoms with Crippen molar-refractivity contribution in [1.82, 2.24) is 15.1 Å². The van der Waals surface area contributed by atoms with Gasteiger partial charge in [-0.3, -0.25) is 35.2 Å². The largest absolute Gasteiger partial charge is 0.460 e. The van der Waals surface area contributed by atoms with Gasteiger partial charge >= 0.3 is 12.1 Å². The van der Waals surface area contributed by atoms with Gasteiger partial charge in [0.05, 0.1) is 9.85 Å². The number of carbonyl (C=O) groups is 3. The van der Waals surface area contributed by atoms with Crippen molar-refractivity contribution in [1.29, 1.82) is 5.41 Å². The number of hydrogen-bond donors (Lipinski definition) is 3. The lowest BCUT2D eigenvalue weighted by atomic mass is 10.2. The molecule has 2 saturated heterocycles. The second kappa shape index (κ2) is 15.3. The van der Waals surface area contributed by atoms with Crippen LogP contribution in [0.15, 0.2) is 53.5 Å². The molecule has 16 nitrogen and oxygen atoms in total. The second-order valence-corrected chi connectivity index (χ2v) is 11.6. The second-order valence-electron chi connectivity index (χ2n) is 10.8. The van der Waals surface area contributed by atoms with Crippen LogP contribution < -0.4 is 5.32 Å². The molecule has 2 N–H and O–H groups in total. The van der Waals surface area contributed by atoms with Crippen LogP contribution in [0.3, 0.4) is 0 Å². The Bertz CT molecular complexity index is 1520. The molecular formula is C29H33N7O9S. The molecule has 2 aromatic carbocycles. The highest BCUT2D eigenvalue weighted by molar-refractivity contribution is 7.81. The van der Waals surface area contributed by atoms with E-state index in [1.165, 1.54) is 48.5 Å². The lowest BCUT2D eigenvalue weighted by molar-refractivity contribution is -0.385. The Morgan fingerprint density at radius 1 is 0.978 bits per heavy atom. The number of esters is 1. The zero-order valence-electron chi connectivity index (χ0n) is 24.9. The van der Waals surface area contributed by atoms with Crippen molar-refractivity contribution in [3.63, 3.8) is 0 Å². The monoisotopic (exact) mass is 655 g/mol. The summed E-state index contributed by atoms with van der Waals surface area (Å²) >= 11 is 4.55. The van der Waals surface area contributed by atoms with Crippen molar-refractivity contribution >= 4 is 53.6 Å². The van der Waals surface area contributed by atoms with E-state index in [1.807, 2.05) is 0 Å². The smallest absolute Gasteiger partial charge is 0.435 e. The van der Waals surface area contributed by atoms with Crippen LogP contribution in [0.5, 0.6) is 0 Å². The topological polar surface area (TPSA) is 211 Å². The molecule has 0 spiro atoms. The van der Waals surface area contributed by atoms with Crippen LogP contribution in [-0.4, -0.2) is 86.3 Å². The Balaban J connectivity index is 1.23. The fourth-order valence-corrected chi connectivity index (χ4v) is 5.53. The first kappa shape index (κ1) is 33.8. The summed E-state index contributed by atoms with van der Waals surface area (Å²) in [6.07, 6.45) is -0.159. The van der Waals surface area contributed by atoms with Gasteiger partial charge in [-0.15, -0.1) is 0 Å². The number of benzene rings is 2. The summed E-state index contributed by atoms with van der Waals surface area (Å²) in [5.41, 5.74) is 0.984. The van der Waals surface area contributed by atoms with Gasteiger partial charge in [0.15, 0.2) is 0 Å². The van der Waals surface area contributed by atoms with Crippen molar-refractivity contribution in [2.45, 2.75) is 56.7 Å². The van der Waals surface area contributed by atoms with Gasteiger partial charge in [-0.05, 0) is 55.2 Å². The highest BCUT2D eigenvalue weighted by Gasteiger charge is 2.40. The van der Waals surface area contributed by atoms with Crippen LogP contribution >= 0.6 is 12.6 Å². The van der Waals surface area contributed by atoms with Gasteiger partial charge in [-0.25, -0.2) is 4.79 Å². The quantitative estimate of drug-likeness (QED) is 0.0844. The summed E-state index contributed by atoms with van der Waals surface area (Å²) in [7, 11) is 0. The van der Waals surface area contributed by atoms with E-state index in [0.717, 1.165) is 0 Å². The Morgan fingerprint density at radius 3 is 2.11 bits per heavy atom. The SMILES string of the molecule is CC(=NC(=O)OCc1ccc([N+](=O)[O-])cc1)N1C[C@@H](S)C[C@H]1C(=O)N1CC[C@H](NC(=N)CC(=O)OCc2ccc([N+](=O)[O-])cc2)C1. The van der Waals surface area contributed by atoms with Crippen LogP contribution in [0.4, 0.5) is 16.2 Å². The molecule has 3 atom stereocenters. The number of non-ortho nitro benzene ring substituents is 2. The van der Waals surface area contributed by atoms with Gasteiger partial charge in [0.25, 0.3) is 11.4 Å². The molecule has 0 aliphatic carbocycles. The van der Waals surface area contributed by atoms with Crippen LogP contribution in [0.25, 0.3) is 0 Å². The van der Waals surface area contributed by atoms with Gasteiger partial charge < -0.3 is 24.6 Å². The molecular weight excluding hydrogens is 622 g/mol. The summed E-state index contributed by atoms with van der Waals surface area (Å²) in [6.45, 7) is 2.54. The molecule has 2 heterocycles. The predicted octanol–water partition coefficient (Wildman–Crippen LogP) is 3.23. The molecule has 2 aromatic rings. The summed E-state index contributed by atoms with van der Waals surface area (Å²) in [5, 5.41) is 32.6. The van der Waals surface area contributed by atoms with E-state index in [9.17, 15) is 34.6 Å². The summed E-state index contributed by atoms with van der Waals surface area (Å²) in [5.74, 6) is -0.555. The number of amides is 2. The average molecular weight is 656 g/mol. The Hall–Kier alpha value is -5.06. The number of hydrogen-bond acceptors (Lipinski definition) is 11. The van der Waals surface area contributed by atoms with Crippen molar-refractivity contribution in [3.05, 3.63) is 79.9 Å². The number of nitro benzene ring substituents is 2. The average Bonchev–Trinajstić information content (AvgIpc) is 3.65. The van der Waals surface area contributed by atoms with E-state index in [1.54, 1.807) is 16.7 Å². The zero-order chi connectivity index (χ0) is 33.4. The lowest BCUT2D eigenvalue weighted by Crippen LogP contribution is -2.47. The number of aliphatic imine (C=N–C) groups is 1. The maximum Gasteiger partial charge on any atom is 0.435 e. The van der Waals surface area contributed by atoms with Crippen LogP contribution in [0.2, 0.25) is 0 Å². The highest BCUT2D eigenvalue weighted by Crippen LogP contribution is 2.26. The van der Waals surface area contributed by atoms with Crippen molar-refractivity contribution in [2.24, 2.45) is 4.99 Å². The fraction of sp³-hybridized carbons (Fsp3) is 0.414. The Kier molecular flexibility index (Phi) is 11.2. The fourth-order valence-electron chi connectivity index (χ4n) is 5.15. The summed E-state index contributed by atoms with van der Waals surface area (Å²) in [4.78, 5) is 66.0. The third-order valence-corrected chi connectivity index (χ3v) is 7.86. The first-order chi connectivity index (χ1) is 21.9. The van der Waals surface area contributed by atoms with E-state index in [4.69, 9.17) is 14.9 Å². The van der Waals surface area contributed by atoms with Crippen LogP contribution in [-0.2, 0) is 32.3 Å². The van der Waals surface area contributed by atoms with Gasteiger partial charge in [0.2, 0.25) is 5.91 Å². The third kappa shape index (κ3) is 9.23. The third-order valence-electron chi connectivity index (χ3n) is 7.49. The van der Waals surface area contributed by atoms with E-state index in [2.05, 4.69) is 22.9 Å².